The molecule has 3 rings (SSSR count). The van der Waals surface area contributed by atoms with Gasteiger partial charge >= 0.3 is 7.12 Å². The summed E-state index contributed by atoms with van der Waals surface area (Å²) in [6, 6.07) is 12.9. The van der Waals surface area contributed by atoms with Crippen LogP contribution in [0, 0.1) is 5.41 Å². The maximum Gasteiger partial charge on any atom is 0.491 e. The second-order valence-corrected chi connectivity index (χ2v) is 4.93. The van der Waals surface area contributed by atoms with E-state index in [4.69, 9.17) is 20.5 Å². The lowest BCUT2D eigenvalue weighted by Crippen LogP contribution is -2.27. The first kappa shape index (κ1) is 16.4. The van der Waals surface area contributed by atoms with Crippen molar-refractivity contribution in [2.75, 3.05) is 0 Å². The van der Waals surface area contributed by atoms with E-state index in [1.807, 2.05) is 30.3 Å². The third-order valence-corrected chi connectivity index (χ3v) is 3.42. The van der Waals surface area contributed by atoms with Gasteiger partial charge in [-0.1, -0.05) is 24.3 Å². The summed E-state index contributed by atoms with van der Waals surface area (Å²) in [5, 5.41) is 17.1. The minimum absolute atomic E-state index is 0. The first-order valence-corrected chi connectivity index (χ1v) is 6.62. The molecule has 0 saturated carbocycles. The molecule has 0 unspecified atom stereocenters. The van der Waals surface area contributed by atoms with E-state index in [0.717, 1.165) is 16.6 Å². The van der Waals surface area contributed by atoms with Crippen LogP contribution in [0.1, 0.15) is 16.7 Å². The number of fused-ring (bicyclic) bond motifs is 1. The van der Waals surface area contributed by atoms with Crippen LogP contribution in [0.2, 0.25) is 0 Å². The molecule has 7 heteroatoms. The molecule has 0 radical (unpaired) electrons. The SMILES string of the molecule is Cl.N=C(N)c1cccc(COc2ccc3c(c2)B(O)OC3)c1. The molecule has 1 aliphatic rings. The van der Waals surface area contributed by atoms with E-state index >= 15 is 0 Å². The average molecular weight is 319 g/mol. The Morgan fingerprint density at radius 1 is 1.32 bits per heavy atom. The Bertz CT molecular complexity index is 696. The fourth-order valence-corrected chi connectivity index (χ4v) is 2.28. The second kappa shape index (κ2) is 6.83. The lowest BCUT2D eigenvalue weighted by atomic mass is 9.79. The maximum absolute atomic E-state index is 9.67. The van der Waals surface area contributed by atoms with Crippen LogP contribution in [0.4, 0.5) is 0 Å². The predicted octanol–water partition coefficient (Wildman–Crippen LogP) is 1.19. The monoisotopic (exact) mass is 318 g/mol. The smallest absolute Gasteiger partial charge is 0.489 e. The average Bonchev–Trinajstić information content (AvgIpc) is 2.86. The van der Waals surface area contributed by atoms with Crippen molar-refractivity contribution >= 4 is 30.8 Å². The van der Waals surface area contributed by atoms with Crippen LogP contribution >= 0.6 is 12.4 Å². The fourth-order valence-electron chi connectivity index (χ4n) is 2.28. The molecule has 1 heterocycles. The molecule has 1 aliphatic heterocycles. The van der Waals surface area contributed by atoms with Crippen LogP contribution in [0.15, 0.2) is 42.5 Å². The number of hydrogen-bond acceptors (Lipinski definition) is 4. The van der Waals surface area contributed by atoms with Gasteiger partial charge in [0.05, 0.1) is 6.61 Å². The van der Waals surface area contributed by atoms with Gasteiger partial charge in [0, 0.05) is 5.56 Å². The Morgan fingerprint density at radius 2 is 2.14 bits per heavy atom. The molecule has 0 bridgehead atoms. The predicted molar refractivity (Wildman–Crippen MR) is 87.9 cm³/mol. The molecule has 0 fully saturated rings. The maximum atomic E-state index is 9.67. The molecule has 0 aromatic heterocycles. The summed E-state index contributed by atoms with van der Waals surface area (Å²) in [4.78, 5) is 0. The zero-order valence-corrected chi connectivity index (χ0v) is 12.6. The molecule has 0 spiro atoms. The number of ether oxygens (including phenoxy) is 1. The number of nitrogen functional groups attached to an aromatic ring is 1. The van der Waals surface area contributed by atoms with E-state index in [-0.39, 0.29) is 18.2 Å². The highest BCUT2D eigenvalue weighted by atomic mass is 35.5. The van der Waals surface area contributed by atoms with Gasteiger partial charge in [-0.25, -0.2) is 0 Å². The number of benzene rings is 2. The lowest BCUT2D eigenvalue weighted by molar-refractivity contribution is 0.275. The van der Waals surface area contributed by atoms with Crippen LogP contribution in [0.5, 0.6) is 5.75 Å². The minimum atomic E-state index is -0.871. The van der Waals surface area contributed by atoms with E-state index in [9.17, 15) is 5.02 Å². The number of rotatable bonds is 4. The number of amidine groups is 1. The van der Waals surface area contributed by atoms with Gasteiger partial charge in [-0.05, 0) is 34.8 Å². The summed E-state index contributed by atoms with van der Waals surface area (Å²) >= 11 is 0. The third kappa shape index (κ3) is 3.41. The Balaban J connectivity index is 0.00000176. The van der Waals surface area contributed by atoms with E-state index in [2.05, 4.69) is 0 Å². The van der Waals surface area contributed by atoms with E-state index < -0.39 is 7.12 Å². The first-order valence-electron chi connectivity index (χ1n) is 6.62. The van der Waals surface area contributed by atoms with Gasteiger partial charge in [-0.15, -0.1) is 12.4 Å². The van der Waals surface area contributed by atoms with Gasteiger partial charge < -0.3 is 20.1 Å². The van der Waals surface area contributed by atoms with Gasteiger partial charge in [-0.2, -0.15) is 0 Å². The van der Waals surface area contributed by atoms with Crippen molar-refractivity contribution in [1.82, 2.24) is 0 Å². The number of nitrogens with one attached hydrogen (secondary N) is 1. The van der Waals surface area contributed by atoms with Crippen LogP contribution in [-0.2, 0) is 17.9 Å². The van der Waals surface area contributed by atoms with Crippen molar-refractivity contribution in [3.8, 4) is 5.75 Å². The largest absolute Gasteiger partial charge is 0.491 e. The van der Waals surface area contributed by atoms with Gasteiger partial charge in [-0.3, -0.25) is 5.41 Å². The summed E-state index contributed by atoms with van der Waals surface area (Å²) in [6.45, 7) is 0.800. The van der Waals surface area contributed by atoms with Crippen molar-refractivity contribution < 1.29 is 14.4 Å². The van der Waals surface area contributed by atoms with E-state index in [0.29, 0.717) is 24.5 Å². The standard InChI is InChI=1S/C15H15BN2O3.ClH/c17-15(18)11-3-1-2-10(6-11)8-20-13-5-4-12-9-21-16(19)14(12)7-13;/h1-7,19H,8-9H2,(H3,17,18);1H. The lowest BCUT2D eigenvalue weighted by Gasteiger charge is -2.09. The quantitative estimate of drug-likeness (QED) is 0.449. The summed E-state index contributed by atoms with van der Waals surface area (Å²) in [6.07, 6.45) is 0. The van der Waals surface area contributed by atoms with E-state index in [1.54, 1.807) is 12.1 Å². The van der Waals surface area contributed by atoms with Gasteiger partial charge in [0.25, 0.3) is 0 Å². The highest BCUT2D eigenvalue weighted by molar-refractivity contribution is 6.61. The Labute approximate surface area is 135 Å². The molecule has 0 amide bonds. The molecule has 0 atom stereocenters. The van der Waals surface area contributed by atoms with Gasteiger partial charge in [0.2, 0.25) is 0 Å². The Morgan fingerprint density at radius 3 is 2.91 bits per heavy atom. The molecular formula is C15H16BClN2O3. The first-order chi connectivity index (χ1) is 10.1. The van der Waals surface area contributed by atoms with Crippen LogP contribution in [-0.4, -0.2) is 18.0 Å². The highest BCUT2D eigenvalue weighted by Gasteiger charge is 2.27. The summed E-state index contributed by atoms with van der Waals surface area (Å²) < 4.78 is 10.9. The molecule has 4 N–H and O–H groups in total. The van der Waals surface area contributed by atoms with Gasteiger partial charge in [0.15, 0.2) is 0 Å². The number of nitrogens with two attached hydrogens (primary N) is 1. The minimum Gasteiger partial charge on any atom is -0.489 e. The topological polar surface area (TPSA) is 88.6 Å². The van der Waals surface area contributed by atoms with Crippen molar-refractivity contribution in [3.63, 3.8) is 0 Å². The molecular weight excluding hydrogens is 302 g/mol. The molecule has 114 valence electrons. The van der Waals surface area contributed by atoms with Crippen molar-refractivity contribution in [2.45, 2.75) is 13.2 Å². The summed E-state index contributed by atoms with van der Waals surface area (Å²) in [5.74, 6) is 0.709. The Kier molecular flexibility index (Phi) is 5.08. The van der Waals surface area contributed by atoms with Crippen molar-refractivity contribution in [2.24, 2.45) is 5.73 Å². The van der Waals surface area contributed by atoms with Crippen molar-refractivity contribution in [1.29, 1.82) is 5.41 Å². The molecule has 22 heavy (non-hydrogen) atoms. The number of hydrogen-bond donors (Lipinski definition) is 3. The molecule has 0 saturated heterocycles. The van der Waals surface area contributed by atoms with Crippen LogP contribution in [0.25, 0.3) is 0 Å². The zero-order valence-electron chi connectivity index (χ0n) is 11.8. The summed E-state index contributed by atoms with van der Waals surface area (Å²) in [7, 11) is -0.871. The normalized spacial score (nSPS) is 12.5. The second-order valence-electron chi connectivity index (χ2n) is 4.93. The number of halogens is 1. The molecule has 0 aliphatic carbocycles. The Hall–Kier alpha value is -2.02. The molecule has 2 aromatic carbocycles. The van der Waals surface area contributed by atoms with Gasteiger partial charge in [0.1, 0.15) is 18.2 Å². The fraction of sp³-hybridized carbons (Fsp3) is 0.133. The van der Waals surface area contributed by atoms with E-state index in [1.165, 1.54) is 0 Å². The third-order valence-electron chi connectivity index (χ3n) is 3.42. The molecule has 5 nitrogen and oxygen atoms in total. The molecule has 2 aromatic rings. The summed E-state index contributed by atoms with van der Waals surface area (Å²) in [5.41, 5.74) is 8.81. The zero-order chi connectivity index (χ0) is 14.8. The van der Waals surface area contributed by atoms with Crippen LogP contribution < -0.4 is 15.9 Å². The highest BCUT2D eigenvalue weighted by Crippen LogP contribution is 2.17. The van der Waals surface area contributed by atoms with Crippen molar-refractivity contribution in [3.05, 3.63) is 59.2 Å². The van der Waals surface area contributed by atoms with Crippen LogP contribution in [0.3, 0.4) is 0 Å².